The number of hydrogen-bond acceptors (Lipinski definition) is 4. The fourth-order valence-electron chi connectivity index (χ4n) is 2.94. The number of rotatable bonds is 6. The summed E-state index contributed by atoms with van der Waals surface area (Å²) in [6.45, 7) is 6.78. The second-order valence-electron chi connectivity index (χ2n) is 7.15. The van der Waals surface area contributed by atoms with Crippen molar-refractivity contribution in [3.8, 4) is 6.07 Å². The summed E-state index contributed by atoms with van der Waals surface area (Å²) >= 11 is 1.38. The summed E-state index contributed by atoms with van der Waals surface area (Å²) in [5, 5.41) is 10.6. The first kappa shape index (κ1) is 19.2. The average Bonchev–Trinajstić information content (AvgIpc) is 2.65. The zero-order valence-electron chi connectivity index (χ0n) is 15.8. The minimum Gasteiger partial charge on any atom is -0.287 e. The molecule has 0 aliphatic rings. The fraction of sp³-hybridized carbons (Fsp3) is 0.318. The van der Waals surface area contributed by atoms with Crippen LogP contribution in [0.3, 0.4) is 0 Å². The van der Waals surface area contributed by atoms with Gasteiger partial charge in [0.25, 0.3) is 5.56 Å². The van der Waals surface area contributed by atoms with Crippen molar-refractivity contribution in [3.05, 3.63) is 70.0 Å². The van der Waals surface area contributed by atoms with Crippen molar-refractivity contribution in [2.75, 3.05) is 0 Å². The largest absolute Gasteiger partial charge is 0.287 e. The number of aromatic nitrogens is 2. The Kier molecular flexibility index (Phi) is 5.98. The predicted molar refractivity (Wildman–Crippen MR) is 111 cm³/mol. The Labute approximate surface area is 163 Å². The molecule has 0 aliphatic carbocycles. The lowest BCUT2D eigenvalue weighted by Crippen LogP contribution is -2.26. The molecule has 0 N–H and O–H groups in total. The van der Waals surface area contributed by atoms with Crippen LogP contribution in [-0.4, -0.2) is 14.8 Å². The monoisotopic (exact) mass is 377 g/mol. The molecule has 1 aromatic heterocycles. The van der Waals surface area contributed by atoms with E-state index in [-0.39, 0.29) is 10.8 Å². The molecular weight excluding hydrogens is 354 g/mol. The molecule has 0 amide bonds. The van der Waals surface area contributed by atoms with E-state index >= 15 is 0 Å². The summed E-state index contributed by atoms with van der Waals surface area (Å²) in [5.74, 6) is 0.308. The van der Waals surface area contributed by atoms with Gasteiger partial charge in [0.05, 0.1) is 17.0 Å². The summed E-state index contributed by atoms with van der Waals surface area (Å²) in [6, 6.07) is 18.0. The Morgan fingerprint density at radius 1 is 1.15 bits per heavy atom. The maximum absolute atomic E-state index is 13.0. The van der Waals surface area contributed by atoms with Crippen molar-refractivity contribution in [1.29, 1.82) is 5.26 Å². The smallest absolute Gasteiger partial charge is 0.262 e. The van der Waals surface area contributed by atoms with E-state index in [1.807, 2.05) is 31.2 Å². The summed E-state index contributed by atoms with van der Waals surface area (Å²) < 4.78 is 1.72. The number of hydrogen-bond donors (Lipinski definition) is 0. The zero-order valence-corrected chi connectivity index (χ0v) is 16.7. The molecule has 2 aromatic carbocycles. The van der Waals surface area contributed by atoms with Crippen LogP contribution in [-0.2, 0) is 13.0 Å². The van der Waals surface area contributed by atoms with Crippen LogP contribution in [0.1, 0.15) is 25.0 Å². The third kappa shape index (κ3) is 4.58. The number of fused-ring (bicyclic) bond motifs is 1. The number of para-hydroxylation sites is 1. The highest BCUT2D eigenvalue weighted by Gasteiger charge is 2.18. The molecule has 5 heteroatoms. The van der Waals surface area contributed by atoms with E-state index < -0.39 is 0 Å². The SMILES string of the molecule is Cc1ccc(C[C@@H](C#N)Sc2nc3ccccc3c(=O)n2CC(C)C)cc1. The van der Waals surface area contributed by atoms with E-state index in [1.54, 1.807) is 4.57 Å². The van der Waals surface area contributed by atoms with E-state index in [4.69, 9.17) is 4.98 Å². The highest BCUT2D eigenvalue weighted by atomic mass is 32.2. The molecule has 0 unspecified atom stereocenters. The molecule has 3 aromatic rings. The van der Waals surface area contributed by atoms with Crippen molar-refractivity contribution in [2.24, 2.45) is 5.92 Å². The standard InChI is InChI=1S/C22H23N3OS/c1-15(2)14-25-21(26)19-6-4-5-7-20(19)24-22(25)27-18(13-23)12-17-10-8-16(3)9-11-17/h4-11,15,18H,12,14H2,1-3H3/t18-/m0/s1. The van der Waals surface area contributed by atoms with E-state index in [1.165, 1.54) is 17.3 Å². The van der Waals surface area contributed by atoms with Gasteiger partial charge in [0.15, 0.2) is 5.16 Å². The molecule has 0 spiro atoms. The van der Waals surface area contributed by atoms with Crippen molar-refractivity contribution >= 4 is 22.7 Å². The van der Waals surface area contributed by atoms with Gasteiger partial charge in [-0.2, -0.15) is 5.26 Å². The molecular formula is C22H23N3OS. The first-order chi connectivity index (χ1) is 13.0. The van der Waals surface area contributed by atoms with Crippen LogP contribution < -0.4 is 5.56 Å². The zero-order chi connectivity index (χ0) is 19.4. The van der Waals surface area contributed by atoms with Crippen LogP contribution in [0.5, 0.6) is 0 Å². The highest BCUT2D eigenvalue weighted by molar-refractivity contribution is 8.00. The second-order valence-corrected chi connectivity index (χ2v) is 8.32. The molecule has 0 radical (unpaired) electrons. The summed E-state index contributed by atoms with van der Waals surface area (Å²) in [7, 11) is 0. The van der Waals surface area contributed by atoms with E-state index in [0.717, 1.165) is 5.56 Å². The van der Waals surface area contributed by atoms with Gasteiger partial charge in [0, 0.05) is 6.54 Å². The van der Waals surface area contributed by atoms with Gasteiger partial charge in [-0.3, -0.25) is 9.36 Å². The van der Waals surface area contributed by atoms with Crippen LogP contribution >= 0.6 is 11.8 Å². The van der Waals surface area contributed by atoms with Crippen molar-refractivity contribution in [3.63, 3.8) is 0 Å². The predicted octanol–water partition coefficient (Wildman–Crippen LogP) is 4.59. The summed E-state index contributed by atoms with van der Waals surface area (Å²) in [4.78, 5) is 17.7. The topological polar surface area (TPSA) is 58.7 Å². The normalized spacial score (nSPS) is 12.3. The van der Waals surface area contributed by atoms with Gasteiger partial charge in [-0.1, -0.05) is 67.6 Å². The van der Waals surface area contributed by atoms with Gasteiger partial charge < -0.3 is 0 Å². The molecule has 27 heavy (non-hydrogen) atoms. The van der Waals surface area contributed by atoms with Crippen molar-refractivity contribution < 1.29 is 0 Å². The van der Waals surface area contributed by atoms with Gasteiger partial charge in [-0.15, -0.1) is 0 Å². The molecule has 0 fully saturated rings. The quantitative estimate of drug-likeness (QED) is 0.466. The lowest BCUT2D eigenvalue weighted by atomic mass is 10.1. The molecule has 138 valence electrons. The molecule has 3 rings (SSSR count). The fourth-order valence-corrected chi connectivity index (χ4v) is 3.96. The van der Waals surface area contributed by atoms with Crippen LogP contribution in [0.2, 0.25) is 0 Å². The minimum atomic E-state index is -0.306. The van der Waals surface area contributed by atoms with Crippen molar-refractivity contribution in [2.45, 2.75) is 44.1 Å². The molecule has 4 nitrogen and oxygen atoms in total. The van der Waals surface area contributed by atoms with Gasteiger partial charge in [0.1, 0.15) is 5.25 Å². The highest BCUT2D eigenvalue weighted by Crippen LogP contribution is 2.25. The Balaban J connectivity index is 1.97. The van der Waals surface area contributed by atoms with Crippen LogP contribution in [0.25, 0.3) is 10.9 Å². The third-order valence-corrected chi connectivity index (χ3v) is 5.39. The number of aryl methyl sites for hydroxylation is 1. The number of benzene rings is 2. The van der Waals surface area contributed by atoms with Gasteiger partial charge in [-0.05, 0) is 37.0 Å². The molecule has 1 atom stereocenters. The van der Waals surface area contributed by atoms with Crippen LogP contribution in [0.4, 0.5) is 0 Å². The van der Waals surface area contributed by atoms with Gasteiger partial charge >= 0.3 is 0 Å². The lowest BCUT2D eigenvalue weighted by molar-refractivity contribution is 0.475. The third-order valence-electron chi connectivity index (χ3n) is 4.31. The maximum atomic E-state index is 13.0. The van der Waals surface area contributed by atoms with E-state index in [0.29, 0.717) is 34.9 Å². The van der Waals surface area contributed by atoms with Crippen molar-refractivity contribution in [1.82, 2.24) is 9.55 Å². The number of nitrogens with zero attached hydrogens (tertiary/aromatic N) is 3. The molecule has 0 aliphatic heterocycles. The van der Waals surface area contributed by atoms with Crippen LogP contribution in [0, 0.1) is 24.2 Å². The summed E-state index contributed by atoms with van der Waals surface area (Å²) in [5.41, 5.74) is 2.95. The Morgan fingerprint density at radius 2 is 1.85 bits per heavy atom. The number of thioether (sulfide) groups is 1. The first-order valence-corrected chi connectivity index (χ1v) is 9.97. The average molecular weight is 378 g/mol. The molecule has 0 saturated carbocycles. The summed E-state index contributed by atoms with van der Waals surface area (Å²) in [6.07, 6.45) is 0.617. The Morgan fingerprint density at radius 3 is 2.52 bits per heavy atom. The van der Waals surface area contributed by atoms with Gasteiger partial charge in [-0.25, -0.2) is 4.98 Å². The molecule has 0 bridgehead atoms. The Hall–Kier alpha value is -2.58. The first-order valence-electron chi connectivity index (χ1n) is 9.09. The van der Waals surface area contributed by atoms with E-state index in [9.17, 15) is 10.1 Å². The lowest BCUT2D eigenvalue weighted by Gasteiger charge is -2.16. The minimum absolute atomic E-state index is 0.0381. The Bertz CT molecular complexity index is 1030. The van der Waals surface area contributed by atoms with Crippen LogP contribution in [0.15, 0.2) is 58.5 Å². The van der Waals surface area contributed by atoms with E-state index in [2.05, 4.69) is 44.2 Å². The second kappa shape index (κ2) is 8.41. The van der Waals surface area contributed by atoms with Gasteiger partial charge in [0.2, 0.25) is 0 Å². The number of nitriles is 1. The molecule has 0 saturated heterocycles. The molecule has 1 heterocycles. The maximum Gasteiger partial charge on any atom is 0.262 e.